The summed E-state index contributed by atoms with van der Waals surface area (Å²) in [6, 6.07) is 4.52. The zero-order valence-electron chi connectivity index (χ0n) is 5.95. The molecule has 0 spiro atoms. The summed E-state index contributed by atoms with van der Waals surface area (Å²) in [5, 5.41) is 9.00. The van der Waals surface area contributed by atoms with Gasteiger partial charge in [-0.1, -0.05) is 0 Å². The van der Waals surface area contributed by atoms with Crippen LogP contribution in [-0.2, 0) is 0 Å². The zero-order chi connectivity index (χ0) is 8.27. The van der Waals surface area contributed by atoms with Gasteiger partial charge in [0.15, 0.2) is 0 Å². The van der Waals surface area contributed by atoms with Crippen LogP contribution in [0.4, 0.5) is 0 Å². The molecule has 1 aromatic rings. The van der Waals surface area contributed by atoms with Crippen LogP contribution in [0.1, 0.15) is 10.4 Å². The summed E-state index contributed by atoms with van der Waals surface area (Å²) in [7, 11) is 0. The normalized spacial score (nSPS) is 8.73. The van der Waals surface area contributed by atoms with Gasteiger partial charge in [-0.25, -0.2) is 0 Å². The van der Waals surface area contributed by atoms with Gasteiger partial charge < -0.3 is 0 Å². The Morgan fingerprint density at radius 2 is 2.27 bits per heavy atom. The van der Waals surface area contributed by atoms with Crippen LogP contribution in [0.25, 0.3) is 0 Å². The first kappa shape index (κ1) is 7.73. The van der Waals surface area contributed by atoms with Gasteiger partial charge in [0.05, 0.1) is 0 Å². The standard InChI is InChI=1S/C8H7BO2/c1-9-8-4-7(11)3-2-6(8)5-10/h2-5,11H,1H2. The molecule has 0 saturated carbocycles. The first-order valence-electron chi connectivity index (χ1n) is 3.18. The molecule has 0 aromatic heterocycles. The molecule has 0 atom stereocenters. The summed E-state index contributed by atoms with van der Waals surface area (Å²) in [5.74, 6) is 0.144. The molecule has 0 heterocycles. The molecule has 3 heteroatoms. The van der Waals surface area contributed by atoms with E-state index in [0.717, 1.165) is 6.29 Å². The Kier molecular flexibility index (Phi) is 2.21. The van der Waals surface area contributed by atoms with Crippen molar-refractivity contribution in [3.05, 3.63) is 23.8 Å². The third kappa shape index (κ3) is 1.55. The van der Waals surface area contributed by atoms with E-state index in [9.17, 15) is 4.79 Å². The van der Waals surface area contributed by atoms with Crippen LogP contribution in [0, 0.1) is 0 Å². The molecule has 1 N–H and O–H groups in total. The number of benzene rings is 1. The molecule has 0 fully saturated rings. The van der Waals surface area contributed by atoms with Crippen LogP contribution >= 0.6 is 0 Å². The predicted molar refractivity (Wildman–Crippen MR) is 46.0 cm³/mol. The number of carbonyl (C=O) groups is 1. The molecular weight excluding hydrogens is 139 g/mol. The molecule has 0 saturated heterocycles. The Bertz CT molecular complexity index is 294. The van der Waals surface area contributed by atoms with Crippen molar-refractivity contribution >= 4 is 25.1 Å². The fraction of sp³-hybridized carbons (Fsp3) is 0. The first-order chi connectivity index (χ1) is 5.27. The van der Waals surface area contributed by atoms with Gasteiger partial charge in [-0.3, -0.25) is 0 Å². The van der Waals surface area contributed by atoms with Gasteiger partial charge in [-0.15, -0.1) is 0 Å². The number of phenols is 1. The van der Waals surface area contributed by atoms with Crippen LogP contribution < -0.4 is 5.46 Å². The molecule has 0 aliphatic heterocycles. The van der Waals surface area contributed by atoms with Crippen LogP contribution in [0.3, 0.4) is 0 Å². The Morgan fingerprint density at radius 3 is 2.82 bits per heavy atom. The van der Waals surface area contributed by atoms with Crippen LogP contribution in [-0.4, -0.2) is 24.8 Å². The maximum absolute atomic E-state index is 10.4. The average Bonchev–Trinajstić information content (AvgIpc) is 2.04. The molecule has 54 valence electrons. The fourth-order valence-corrected chi connectivity index (χ4v) is 0.846. The molecule has 0 aliphatic carbocycles. The average molecular weight is 146 g/mol. The number of rotatable bonds is 2. The monoisotopic (exact) mass is 146 g/mol. The van der Waals surface area contributed by atoms with Gasteiger partial charge in [0.25, 0.3) is 0 Å². The molecule has 1 aromatic carbocycles. The summed E-state index contributed by atoms with van der Waals surface area (Å²) in [5.41, 5.74) is 1.19. The molecule has 0 unspecified atom stereocenters. The van der Waals surface area contributed by atoms with Crippen molar-refractivity contribution in [2.45, 2.75) is 0 Å². The van der Waals surface area contributed by atoms with Crippen LogP contribution in [0.5, 0.6) is 5.75 Å². The van der Waals surface area contributed by atoms with Crippen LogP contribution in [0.2, 0.25) is 0 Å². The zero-order valence-corrected chi connectivity index (χ0v) is 5.95. The van der Waals surface area contributed by atoms with E-state index in [1.807, 2.05) is 0 Å². The van der Waals surface area contributed by atoms with Crippen LogP contribution in [0.15, 0.2) is 18.2 Å². The molecule has 11 heavy (non-hydrogen) atoms. The van der Waals surface area contributed by atoms with Crippen molar-refractivity contribution in [3.8, 4) is 5.75 Å². The van der Waals surface area contributed by atoms with E-state index in [1.54, 1.807) is 6.07 Å². The molecular formula is C8H7BO2. The minimum absolute atomic E-state index is 0.144. The van der Waals surface area contributed by atoms with E-state index in [1.165, 1.54) is 19.1 Å². The maximum atomic E-state index is 10.4. The Morgan fingerprint density at radius 1 is 1.55 bits per heavy atom. The number of hydrogen-bond donors (Lipinski definition) is 1. The van der Waals surface area contributed by atoms with Crippen molar-refractivity contribution in [2.75, 3.05) is 0 Å². The second-order valence-corrected chi connectivity index (χ2v) is 2.14. The van der Waals surface area contributed by atoms with E-state index >= 15 is 0 Å². The summed E-state index contributed by atoms with van der Waals surface area (Å²) in [4.78, 5) is 10.4. The van der Waals surface area contributed by atoms with Gasteiger partial charge in [-0.05, 0) is 0 Å². The van der Waals surface area contributed by atoms with Crippen molar-refractivity contribution in [1.29, 1.82) is 0 Å². The number of hydrogen-bond acceptors (Lipinski definition) is 2. The molecule has 0 bridgehead atoms. The molecule has 0 aliphatic rings. The summed E-state index contributed by atoms with van der Waals surface area (Å²) >= 11 is 0. The van der Waals surface area contributed by atoms with Gasteiger partial charge in [0, 0.05) is 0 Å². The van der Waals surface area contributed by atoms with Crippen molar-refractivity contribution in [1.82, 2.24) is 0 Å². The topological polar surface area (TPSA) is 37.3 Å². The number of aldehydes is 1. The summed E-state index contributed by atoms with van der Waals surface area (Å²) in [6.45, 7) is 5.04. The van der Waals surface area contributed by atoms with E-state index < -0.39 is 0 Å². The Labute approximate surface area is 65.4 Å². The molecule has 0 radical (unpaired) electrons. The number of phenolic OH excluding ortho intramolecular Hbond substituents is 1. The van der Waals surface area contributed by atoms with Gasteiger partial charge >= 0.3 is 64.6 Å². The second kappa shape index (κ2) is 3.15. The van der Waals surface area contributed by atoms with E-state index in [-0.39, 0.29) is 5.75 Å². The molecule has 2 nitrogen and oxygen atoms in total. The van der Waals surface area contributed by atoms with Gasteiger partial charge in [0.2, 0.25) is 0 Å². The number of carbonyl (C=O) groups excluding carboxylic acids is 1. The first-order valence-corrected chi connectivity index (χ1v) is 3.18. The van der Waals surface area contributed by atoms with E-state index in [0.29, 0.717) is 11.0 Å². The van der Waals surface area contributed by atoms with Gasteiger partial charge in [0.1, 0.15) is 0 Å². The Balaban J connectivity index is 3.26. The third-order valence-corrected chi connectivity index (χ3v) is 1.42. The number of aromatic hydroxyl groups is 1. The van der Waals surface area contributed by atoms with Crippen molar-refractivity contribution in [2.24, 2.45) is 0 Å². The van der Waals surface area contributed by atoms with E-state index in [4.69, 9.17) is 5.11 Å². The molecule has 1 rings (SSSR count). The van der Waals surface area contributed by atoms with Gasteiger partial charge in [-0.2, -0.15) is 0 Å². The minimum atomic E-state index is 0.144. The summed E-state index contributed by atoms with van der Waals surface area (Å²) < 4.78 is 0. The van der Waals surface area contributed by atoms with E-state index in [2.05, 4.69) is 6.47 Å². The SMILES string of the molecule is C=Bc1cc(O)ccc1C=O. The molecule has 0 amide bonds. The van der Waals surface area contributed by atoms with Crippen molar-refractivity contribution in [3.63, 3.8) is 0 Å². The van der Waals surface area contributed by atoms with Crippen molar-refractivity contribution < 1.29 is 9.90 Å². The fourth-order valence-electron chi connectivity index (χ4n) is 0.846. The predicted octanol–water partition coefficient (Wildman–Crippen LogP) is -0.0338. The second-order valence-electron chi connectivity index (χ2n) is 2.14. The third-order valence-electron chi connectivity index (χ3n) is 1.42. The Hall–Kier alpha value is -1.38. The quantitative estimate of drug-likeness (QED) is 0.469. The summed E-state index contributed by atoms with van der Waals surface area (Å²) in [6.07, 6.45) is 0.733.